The number of carbonyl (C=O) groups excluding carboxylic acids is 1. The van der Waals surface area contributed by atoms with Gasteiger partial charge in [-0.3, -0.25) is 4.79 Å². The first-order valence-electron chi connectivity index (χ1n) is 6.90. The van der Waals surface area contributed by atoms with Gasteiger partial charge in [0.15, 0.2) is 0 Å². The fraction of sp³-hybridized carbons (Fsp3) is 0.800. The van der Waals surface area contributed by atoms with Crippen LogP contribution in [0.1, 0.15) is 66.2 Å². The summed E-state index contributed by atoms with van der Waals surface area (Å²) in [6, 6.07) is 0. The lowest BCUT2D eigenvalue weighted by molar-refractivity contribution is -0.140. The Hall–Kier alpha value is -0.790. The van der Waals surface area contributed by atoms with Gasteiger partial charge in [-0.2, -0.15) is 0 Å². The molecule has 0 saturated carbocycles. The molecule has 0 radical (unpaired) electrons. The van der Waals surface area contributed by atoms with Crippen molar-refractivity contribution in [1.29, 1.82) is 0 Å². The van der Waals surface area contributed by atoms with Crippen LogP contribution in [0.2, 0.25) is 0 Å². The highest BCUT2D eigenvalue weighted by Crippen LogP contribution is 2.13. The fourth-order valence-corrected chi connectivity index (χ4v) is 1.68. The zero-order valence-corrected chi connectivity index (χ0v) is 11.9. The van der Waals surface area contributed by atoms with E-state index in [1.54, 1.807) is 0 Å². The van der Waals surface area contributed by atoms with Crippen molar-refractivity contribution >= 4 is 5.97 Å². The van der Waals surface area contributed by atoms with Crippen molar-refractivity contribution in [3.8, 4) is 0 Å². The van der Waals surface area contributed by atoms with E-state index in [1.165, 1.54) is 44.6 Å². The summed E-state index contributed by atoms with van der Waals surface area (Å²) in [4.78, 5) is 10.8. The van der Waals surface area contributed by atoms with Crippen molar-refractivity contribution in [2.24, 2.45) is 5.92 Å². The van der Waals surface area contributed by atoms with E-state index < -0.39 is 0 Å². The molecule has 0 aromatic carbocycles. The third kappa shape index (κ3) is 10.1. The Bertz CT molecular complexity index is 229. The minimum atomic E-state index is -0.195. The van der Waals surface area contributed by atoms with Gasteiger partial charge < -0.3 is 4.74 Å². The minimum Gasteiger partial charge on any atom is -0.461 e. The number of esters is 1. The number of ether oxygens (including phenoxy) is 1. The predicted molar refractivity (Wildman–Crippen MR) is 72.9 cm³/mol. The van der Waals surface area contributed by atoms with Gasteiger partial charge in [-0.05, 0) is 24.3 Å². The number of hydrogen-bond donors (Lipinski definition) is 0. The van der Waals surface area contributed by atoms with Crippen molar-refractivity contribution in [1.82, 2.24) is 0 Å². The molecule has 0 spiro atoms. The molecule has 0 aliphatic rings. The first-order valence-corrected chi connectivity index (χ1v) is 6.90. The van der Waals surface area contributed by atoms with Gasteiger partial charge in [-0.15, -0.1) is 0 Å². The molecule has 0 aliphatic carbocycles. The molecule has 0 aromatic rings. The van der Waals surface area contributed by atoms with E-state index in [0.717, 1.165) is 6.42 Å². The highest BCUT2D eigenvalue weighted by atomic mass is 16.5. The highest BCUT2D eigenvalue weighted by molar-refractivity contribution is 5.66. The lowest BCUT2D eigenvalue weighted by Gasteiger charge is -2.11. The molecule has 0 rings (SSSR count). The molecule has 17 heavy (non-hydrogen) atoms. The van der Waals surface area contributed by atoms with Crippen LogP contribution < -0.4 is 0 Å². The molecule has 0 unspecified atom stereocenters. The van der Waals surface area contributed by atoms with Gasteiger partial charge >= 0.3 is 5.97 Å². The number of carbonyl (C=O) groups is 1. The molecule has 100 valence electrons. The maximum Gasteiger partial charge on any atom is 0.302 e. The van der Waals surface area contributed by atoms with Crippen LogP contribution in [0.3, 0.4) is 0 Å². The van der Waals surface area contributed by atoms with Gasteiger partial charge in [0.1, 0.15) is 6.61 Å². The van der Waals surface area contributed by atoms with E-state index in [2.05, 4.69) is 26.8 Å². The summed E-state index contributed by atoms with van der Waals surface area (Å²) in [5.41, 5.74) is 1.25. The summed E-state index contributed by atoms with van der Waals surface area (Å²) in [5.74, 6) is 0.268. The standard InChI is InChI=1S/C15H28O2/c1-5-6-7-8-9-10-11-15(13(2)3)12-17-14(4)16/h11,13H,5-10,12H2,1-4H3. The zero-order chi connectivity index (χ0) is 13.1. The summed E-state index contributed by atoms with van der Waals surface area (Å²) >= 11 is 0. The molecular weight excluding hydrogens is 212 g/mol. The number of rotatable bonds is 9. The van der Waals surface area contributed by atoms with Crippen LogP contribution in [0.5, 0.6) is 0 Å². The first kappa shape index (κ1) is 16.2. The van der Waals surface area contributed by atoms with Crippen LogP contribution in [-0.2, 0) is 9.53 Å². The van der Waals surface area contributed by atoms with Crippen molar-refractivity contribution in [2.75, 3.05) is 6.61 Å². The monoisotopic (exact) mass is 240 g/mol. The molecule has 0 N–H and O–H groups in total. The van der Waals surface area contributed by atoms with Crippen LogP contribution in [0.4, 0.5) is 0 Å². The summed E-state index contributed by atoms with van der Waals surface area (Å²) in [6.07, 6.45) is 9.89. The molecule has 2 heteroatoms. The van der Waals surface area contributed by atoms with Gasteiger partial charge in [-0.1, -0.05) is 52.5 Å². The number of hydrogen-bond acceptors (Lipinski definition) is 2. The van der Waals surface area contributed by atoms with E-state index >= 15 is 0 Å². The molecule has 0 bridgehead atoms. The SMILES string of the molecule is CCCCCCCC=C(COC(C)=O)C(C)C. The molecule has 0 aliphatic heterocycles. The Labute approximate surface area is 106 Å². The summed E-state index contributed by atoms with van der Waals surface area (Å²) in [5, 5.41) is 0. The van der Waals surface area contributed by atoms with E-state index in [9.17, 15) is 4.79 Å². The van der Waals surface area contributed by atoms with E-state index in [4.69, 9.17) is 4.74 Å². The van der Waals surface area contributed by atoms with Crippen LogP contribution >= 0.6 is 0 Å². The van der Waals surface area contributed by atoms with Gasteiger partial charge in [0.25, 0.3) is 0 Å². The van der Waals surface area contributed by atoms with Crippen molar-refractivity contribution in [3.05, 3.63) is 11.6 Å². The first-order chi connectivity index (χ1) is 8.07. The maximum atomic E-state index is 10.8. The number of unbranched alkanes of at least 4 members (excludes halogenated alkanes) is 5. The van der Waals surface area contributed by atoms with Gasteiger partial charge in [0.05, 0.1) is 0 Å². The quantitative estimate of drug-likeness (QED) is 0.337. The lowest BCUT2D eigenvalue weighted by atomic mass is 10.0. The molecule has 0 amide bonds. The van der Waals surface area contributed by atoms with Crippen LogP contribution in [0, 0.1) is 5.92 Å². The second-order valence-corrected chi connectivity index (χ2v) is 4.92. The third-order valence-corrected chi connectivity index (χ3v) is 2.90. The summed E-state index contributed by atoms with van der Waals surface area (Å²) in [6.45, 7) is 8.44. The minimum absolute atomic E-state index is 0.195. The largest absolute Gasteiger partial charge is 0.461 e. The molecular formula is C15H28O2. The smallest absolute Gasteiger partial charge is 0.302 e. The van der Waals surface area contributed by atoms with Crippen LogP contribution in [-0.4, -0.2) is 12.6 Å². The highest BCUT2D eigenvalue weighted by Gasteiger charge is 2.04. The Morgan fingerprint density at radius 3 is 2.35 bits per heavy atom. The maximum absolute atomic E-state index is 10.8. The zero-order valence-electron chi connectivity index (χ0n) is 11.9. The molecule has 2 nitrogen and oxygen atoms in total. The van der Waals surface area contributed by atoms with Gasteiger partial charge in [0, 0.05) is 6.92 Å². The van der Waals surface area contributed by atoms with Gasteiger partial charge in [-0.25, -0.2) is 0 Å². The van der Waals surface area contributed by atoms with Gasteiger partial charge in [0.2, 0.25) is 0 Å². The van der Waals surface area contributed by atoms with E-state index in [1.807, 2.05) is 0 Å². The Kier molecular flexibility index (Phi) is 9.89. The van der Waals surface area contributed by atoms with Crippen LogP contribution in [0.25, 0.3) is 0 Å². The third-order valence-electron chi connectivity index (χ3n) is 2.90. The second kappa shape index (κ2) is 10.4. The van der Waals surface area contributed by atoms with E-state index in [0.29, 0.717) is 12.5 Å². The number of allylic oxidation sites excluding steroid dienone is 1. The Balaban J connectivity index is 3.83. The van der Waals surface area contributed by atoms with E-state index in [-0.39, 0.29) is 5.97 Å². The fourth-order valence-electron chi connectivity index (χ4n) is 1.68. The molecule has 0 aromatic heterocycles. The van der Waals surface area contributed by atoms with Crippen molar-refractivity contribution in [3.63, 3.8) is 0 Å². The summed E-state index contributed by atoms with van der Waals surface area (Å²) < 4.78 is 5.05. The molecule has 0 atom stereocenters. The molecule has 0 heterocycles. The predicted octanol–water partition coefficient (Wildman–Crippen LogP) is 4.49. The average Bonchev–Trinajstić information content (AvgIpc) is 2.26. The van der Waals surface area contributed by atoms with Crippen LogP contribution in [0.15, 0.2) is 11.6 Å². The van der Waals surface area contributed by atoms with Crippen molar-refractivity contribution < 1.29 is 9.53 Å². The Morgan fingerprint density at radius 2 is 1.82 bits per heavy atom. The molecule has 0 saturated heterocycles. The topological polar surface area (TPSA) is 26.3 Å². The van der Waals surface area contributed by atoms with Crippen molar-refractivity contribution in [2.45, 2.75) is 66.2 Å². The Morgan fingerprint density at radius 1 is 1.18 bits per heavy atom. The average molecular weight is 240 g/mol. The molecule has 0 fully saturated rings. The summed E-state index contributed by atoms with van der Waals surface area (Å²) in [7, 11) is 0. The lowest BCUT2D eigenvalue weighted by Crippen LogP contribution is -2.07. The second-order valence-electron chi connectivity index (χ2n) is 4.92. The normalized spacial score (nSPS) is 11.9.